The van der Waals surface area contributed by atoms with Crippen LogP contribution in [-0.4, -0.2) is 24.2 Å². The minimum atomic E-state index is -0.914. The molecule has 0 aliphatic heterocycles. The second-order valence-corrected chi connectivity index (χ2v) is 2.75. The molecule has 0 aromatic rings. The molecule has 0 aromatic heterocycles. The zero-order valence-corrected chi connectivity index (χ0v) is 8.03. The van der Waals surface area contributed by atoms with Crippen LogP contribution in [0.3, 0.4) is 0 Å². The molecule has 13 heavy (non-hydrogen) atoms. The van der Waals surface area contributed by atoms with Gasteiger partial charge in [0.25, 0.3) is 0 Å². The van der Waals surface area contributed by atoms with Gasteiger partial charge in [-0.05, 0) is 13.3 Å². The maximum atomic E-state index is 11.0. The fraction of sp³-hybridized carbons (Fsp3) is 0.556. The van der Waals surface area contributed by atoms with Crippen LogP contribution in [0.2, 0.25) is 0 Å². The Labute approximate surface area is 77.2 Å². The Morgan fingerprint density at radius 2 is 2.08 bits per heavy atom. The van der Waals surface area contributed by atoms with Gasteiger partial charge < -0.3 is 9.84 Å². The molecule has 1 atom stereocenters. The highest BCUT2D eigenvalue weighted by Gasteiger charge is 2.17. The summed E-state index contributed by atoms with van der Waals surface area (Å²) in [5.41, 5.74) is 0.400. The second kappa shape index (κ2) is 5.35. The maximum absolute atomic E-state index is 11.0. The molecule has 0 aliphatic carbocycles. The van der Waals surface area contributed by atoms with Crippen molar-refractivity contribution < 1.29 is 19.4 Å². The number of rotatable bonds is 4. The number of carboxylic acids is 1. The van der Waals surface area contributed by atoms with Crippen molar-refractivity contribution in [2.24, 2.45) is 5.92 Å². The van der Waals surface area contributed by atoms with Crippen molar-refractivity contribution in [3.8, 4) is 0 Å². The molecule has 74 valence electrons. The lowest BCUT2D eigenvalue weighted by Gasteiger charge is -2.07. The van der Waals surface area contributed by atoms with Gasteiger partial charge in [0.2, 0.25) is 0 Å². The van der Waals surface area contributed by atoms with Crippen LogP contribution < -0.4 is 0 Å². The number of methoxy groups -OCH3 is 1. The summed E-state index contributed by atoms with van der Waals surface area (Å²) in [6, 6.07) is 0. The van der Waals surface area contributed by atoms with Crippen LogP contribution in [0.4, 0.5) is 0 Å². The number of aliphatic carboxylic acids is 1. The van der Waals surface area contributed by atoms with Crippen molar-refractivity contribution in [1.82, 2.24) is 0 Å². The molecule has 0 heterocycles. The smallest absolute Gasteiger partial charge is 0.333 e. The molecule has 0 spiro atoms. The molecule has 0 bridgehead atoms. The molecule has 4 nitrogen and oxygen atoms in total. The summed E-state index contributed by atoms with van der Waals surface area (Å²) < 4.78 is 4.48. The van der Waals surface area contributed by atoms with E-state index in [0.717, 1.165) is 0 Å². The number of allylic oxidation sites excluding steroid dienone is 1. The van der Waals surface area contributed by atoms with Crippen LogP contribution in [0.1, 0.15) is 20.3 Å². The van der Waals surface area contributed by atoms with E-state index >= 15 is 0 Å². The number of hydrogen-bond donors (Lipinski definition) is 1. The van der Waals surface area contributed by atoms with Crippen molar-refractivity contribution in [1.29, 1.82) is 0 Å². The lowest BCUT2D eigenvalue weighted by Crippen LogP contribution is -2.14. The summed E-state index contributed by atoms with van der Waals surface area (Å²) in [4.78, 5) is 21.5. The molecular formula is C9H14O4. The first-order valence-electron chi connectivity index (χ1n) is 3.99. The lowest BCUT2D eigenvalue weighted by molar-refractivity contribution is -0.141. The van der Waals surface area contributed by atoms with Gasteiger partial charge in [-0.3, -0.25) is 4.79 Å². The van der Waals surface area contributed by atoms with E-state index in [1.54, 1.807) is 19.9 Å². The zero-order chi connectivity index (χ0) is 10.4. The quantitative estimate of drug-likeness (QED) is 0.529. The lowest BCUT2D eigenvalue weighted by atomic mass is 10.0. The summed E-state index contributed by atoms with van der Waals surface area (Å²) in [6.45, 7) is 3.23. The molecule has 0 saturated heterocycles. The summed E-state index contributed by atoms with van der Waals surface area (Å²) >= 11 is 0. The van der Waals surface area contributed by atoms with Crippen LogP contribution >= 0.6 is 0 Å². The van der Waals surface area contributed by atoms with E-state index in [0.29, 0.717) is 5.57 Å². The second-order valence-electron chi connectivity index (χ2n) is 2.75. The Morgan fingerprint density at radius 1 is 1.54 bits per heavy atom. The summed E-state index contributed by atoms with van der Waals surface area (Å²) in [5.74, 6) is -1.94. The van der Waals surface area contributed by atoms with Crippen molar-refractivity contribution in [2.45, 2.75) is 20.3 Å². The first-order chi connectivity index (χ1) is 6.02. The zero-order valence-electron chi connectivity index (χ0n) is 8.03. The fourth-order valence-corrected chi connectivity index (χ4v) is 0.867. The highest BCUT2D eigenvalue weighted by molar-refractivity contribution is 5.89. The minimum absolute atomic E-state index is 0.207. The number of carbonyl (C=O) groups excluding carboxylic acids is 1. The van der Waals surface area contributed by atoms with Crippen molar-refractivity contribution in [2.75, 3.05) is 7.11 Å². The Balaban J connectivity index is 4.31. The third-order valence-corrected chi connectivity index (χ3v) is 1.74. The van der Waals surface area contributed by atoms with Crippen molar-refractivity contribution in [3.63, 3.8) is 0 Å². The standard InChI is InChI=1S/C9H14O4/c1-4-7(9(12)13-3)5-6(2)8(10)11/h4,6H,5H2,1-3H3,(H,10,11). The number of carbonyl (C=O) groups is 2. The molecule has 0 rings (SSSR count). The highest BCUT2D eigenvalue weighted by atomic mass is 16.5. The van der Waals surface area contributed by atoms with E-state index in [9.17, 15) is 9.59 Å². The molecule has 0 saturated carbocycles. The first-order valence-corrected chi connectivity index (χ1v) is 3.99. The van der Waals surface area contributed by atoms with Crippen molar-refractivity contribution >= 4 is 11.9 Å². The SMILES string of the molecule is CC=C(CC(C)C(=O)O)C(=O)OC. The normalized spacial score (nSPS) is 13.6. The topological polar surface area (TPSA) is 63.6 Å². The van der Waals surface area contributed by atoms with Gasteiger partial charge in [-0.15, -0.1) is 0 Å². The Bertz CT molecular complexity index is 230. The largest absolute Gasteiger partial charge is 0.481 e. The number of hydrogen-bond acceptors (Lipinski definition) is 3. The van der Waals surface area contributed by atoms with Gasteiger partial charge in [0, 0.05) is 5.57 Å². The van der Waals surface area contributed by atoms with E-state index in [1.165, 1.54) is 7.11 Å². The van der Waals surface area contributed by atoms with E-state index in [4.69, 9.17) is 5.11 Å². The van der Waals surface area contributed by atoms with Gasteiger partial charge in [0.15, 0.2) is 0 Å². The Kier molecular flexibility index (Phi) is 4.80. The van der Waals surface area contributed by atoms with E-state index in [1.807, 2.05) is 0 Å². The predicted octanol–water partition coefficient (Wildman–Crippen LogP) is 1.22. The van der Waals surface area contributed by atoms with Crippen LogP contribution in [-0.2, 0) is 14.3 Å². The van der Waals surface area contributed by atoms with Crippen LogP contribution in [0, 0.1) is 5.92 Å². The Hall–Kier alpha value is -1.32. The third-order valence-electron chi connectivity index (χ3n) is 1.74. The first kappa shape index (κ1) is 11.7. The highest BCUT2D eigenvalue weighted by Crippen LogP contribution is 2.12. The van der Waals surface area contributed by atoms with Gasteiger partial charge in [-0.2, -0.15) is 0 Å². The molecule has 0 aromatic carbocycles. The number of ether oxygens (including phenoxy) is 1. The predicted molar refractivity (Wildman–Crippen MR) is 47.2 cm³/mol. The van der Waals surface area contributed by atoms with Gasteiger partial charge >= 0.3 is 11.9 Å². The van der Waals surface area contributed by atoms with Gasteiger partial charge in [-0.1, -0.05) is 13.0 Å². The summed E-state index contributed by atoms with van der Waals surface area (Å²) in [7, 11) is 1.28. The summed E-state index contributed by atoms with van der Waals surface area (Å²) in [6.07, 6.45) is 1.78. The van der Waals surface area contributed by atoms with Crippen LogP contribution in [0.5, 0.6) is 0 Å². The molecular weight excluding hydrogens is 172 g/mol. The van der Waals surface area contributed by atoms with E-state index < -0.39 is 17.9 Å². The monoisotopic (exact) mass is 186 g/mol. The molecule has 0 amide bonds. The average molecular weight is 186 g/mol. The molecule has 4 heteroatoms. The third kappa shape index (κ3) is 3.73. The number of carboxylic acid groups (broad SMARTS) is 1. The molecule has 1 N–H and O–H groups in total. The Morgan fingerprint density at radius 3 is 2.38 bits per heavy atom. The van der Waals surface area contributed by atoms with Gasteiger partial charge in [0.1, 0.15) is 0 Å². The van der Waals surface area contributed by atoms with Crippen LogP contribution in [0.25, 0.3) is 0 Å². The molecule has 0 fully saturated rings. The average Bonchev–Trinajstić information content (AvgIpc) is 2.12. The van der Waals surface area contributed by atoms with E-state index in [2.05, 4.69) is 4.74 Å². The summed E-state index contributed by atoms with van der Waals surface area (Å²) in [5, 5.41) is 8.60. The van der Waals surface area contributed by atoms with Crippen molar-refractivity contribution in [3.05, 3.63) is 11.6 Å². The maximum Gasteiger partial charge on any atom is 0.333 e. The molecule has 0 aliphatic rings. The fourth-order valence-electron chi connectivity index (χ4n) is 0.867. The van der Waals surface area contributed by atoms with E-state index in [-0.39, 0.29) is 6.42 Å². The van der Waals surface area contributed by atoms with Gasteiger partial charge in [0.05, 0.1) is 13.0 Å². The molecule has 1 unspecified atom stereocenters. The minimum Gasteiger partial charge on any atom is -0.481 e. The van der Waals surface area contributed by atoms with Crippen LogP contribution in [0.15, 0.2) is 11.6 Å². The number of esters is 1. The van der Waals surface area contributed by atoms with Gasteiger partial charge in [-0.25, -0.2) is 4.79 Å². The molecule has 0 radical (unpaired) electrons.